The minimum Gasteiger partial charge on any atom is -0.399 e. The van der Waals surface area contributed by atoms with Crippen LogP contribution in [0.5, 0.6) is 0 Å². The lowest BCUT2D eigenvalue weighted by atomic mass is 9.72. The number of nitrogens with zero attached hydrogens (tertiary/aromatic N) is 1. The van der Waals surface area contributed by atoms with Gasteiger partial charge in [-0.2, -0.15) is 5.26 Å². The minimum absolute atomic E-state index is 0.0153. The van der Waals surface area contributed by atoms with Crippen molar-refractivity contribution in [2.75, 3.05) is 0 Å². The summed E-state index contributed by atoms with van der Waals surface area (Å²) in [5, 5.41) is 9.61. The standard InChI is InChI=1S/C13H25NOSi/c1-12(2)9-7-6-8-10-13(12,11-14)15-16(3,4)5/h6-10H2,1-5H3. The first-order valence-electron chi connectivity index (χ1n) is 6.34. The van der Waals surface area contributed by atoms with Crippen LogP contribution in [0.25, 0.3) is 0 Å². The quantitative estimate of drug-likeness (QED) is 0.537. The second-order valence-electron chi connectivity index (χ2n) is 6.60. The van der Waals surface area contributed by atoms with Crippen LogP contribution >= 0.6 is 0 Å². The lowest BCUT2D eigenvalue weighted by Crippen LogP contribution is -2.51. The van der Waals surface area contributed by atoms with E-state index in [1.54, 1.807) is 0 Å². The summed E-state index contributed by atoms with van der Waals surface area (Å²) in [6, 6.07) is 2.52. The molecule has 0 aromatic carbocycles. The number of hydrogen-bond donors (Lipinski definition) is 0. The summed E-state index contributed by atoms with van der Waals surface area (Å²) in [7, 11) is -1.67. The van der Waals surface area contributed by atoms with Gasteiger partial charge in [0.2, 0.25) is 0 Å². The van der Waals surface area contributed by atoms with Crippen LogP contribution in [0.15, 0.2) is 0 Å². The van der Waals surface area contributed by atoms with E-state index in [4.69, 9.17) is 4.43 Å². The highest BCUT2D eigenvalue weighted by Crippen LogP contribution is 2.45. The fourth-order valence-corrected chi connectivity index (χ4v) is 4.07. The first-order valence-corrected chi connectivity index (χ1v) is 9.75. The molecule has 0 amide bonds. The summed E-state index contributed by atoms with van der Waals surface area (Å²) in [5.74, 6) is 0. The highest BCUT2D eigenvalue weighted by atomic mass is 28.4. The Morgan fingerprint density at radius 3 is 2.12 bits per heavy atom. The molecule has 1 atom stereocenters. The van der Waals surface area contributed by atoms with Crippen LogP contribution in [-0.2, 0) is 4.43 Å². The molecule has 1 unspecified atom stereocenters. The van der Waals surface area contributed by atoms with Crippen molar-refractivity contribution in [3.05, 3.63) is 0 Å². The lowest BCUT2D eigenvalue weighted by Gasteiger charge is -2.44. The Balaban J connectivity index is 3.03. The monoisotopic (exact) mass is 239 g/mol. The summed E-state index contributed by atoms with van der Waals surface area (Å²) in [6.07, 6.45) is 5.60. The smallest absolute Gasteiger partial charge is 0.185 e. The van der Waals surface area contributed by atoms with Gasteiger partial charge in [0.05, 0.1) is 6.07 Å². The molecule has 1 aliphatic carbocycles. The fraction of sp³-hybridized carbons (Fsp3) is 0.923. The minimum atomic E-state index is -1.67. The number of nitriles is 1. The third-order valence-electron chi connectivity index (χ3n) is 3.58. The number of rotatable bonds is 2. The molecule has 0 aliphatic heterocycles. The molecular weight excluding hydrogens is 214 g/mol. The molecule has 1 fully saturated rings. The molecule has 0 spiro atoms. The third-order valence-corrected chi connectivity index (χ3v) is 4.55. The van der Waals surface area contributed by atoms with Gasteiger partial charge in [-0.15, -0.1) is 0 Å². The second-order valence-corrected chi connectivity index (χ2v) is 11.0. The topological polar surface area (TPSA) is 33.0 Å². The van der Waals surface area contributed by atoms with E-state index in [2.05, 4.69) is 39.6 Å². The van der Waals surface area contributed by atoms with E-state index in [1.165, 1.54) is 12.8 Å². The molecule has 0 N–H and O–H groups in total. The summed E-state index contributed by atoms with van der Waals surface area (Å²) in [6.45, 7) is 10.9. The zero-order chi connectivity index (χ0) is 12.4. The molecule has 1 aliphatic rings. The molecule has 0 heterocycles. The average molecular weight is 239 g/mol. The van der Waals surface area contributed by atoms with Crippen LogP contribution in [0.4, 0.5) is 0 Å². The Bertz CT molecular complexity index is 287. The highest BCUT2D eigenvalue weighted by Gasteiger charge is 2.49. The Hall–Kier alpha value is -0.333. The summed E-state index contributed by atoms with van der Waals surface area (Å²) < 4.78 is 6.29. The van der Waals surface area contributed by atoms with Gasteiger partial charge < -0.3 is 4.43 Å². The van der Waals surface area contributed by atoms with Crippen LogP contribution in [-0.4, -0.2) is 13.9 Å². The summed E-state index contributed by atoms with van der Waals surface area (Å²) >= 11 is 0. The molecule has 1 rings (SSSR count). The molecule has 0 bridgehead atoms. The van der Waals surface area contributed by atoms with Gasteiger partial charge in [-0.25, -0.2) is 0 Å². The normalized spacial score (nSPS) is 30.5. The van der Waals surface area contributed by atoms with Crippen LogP contribution in [0.2, 0.25) is 19.6 Å². The van der Waals surface area contributed by atoms with Gasteiger partial charge in [0.1, 0.15) is 5.60 Å². The Morgan fingerprint density at radius 1 is 1.06 bits per heavy atom. The van der Waals surface area contributed by atoms with E-state index in [-0.39, 0.29) is 5.41 Å². The maximum absolute atomic E-state index is 9.61. The summed E-state index contributed by atoms with van der Waals surface area (Å²) in [4.78, 5) is 0. The van der Waals surface area contributed by atoms with Crippen molar-refractivity contribution >= 4 is 8.32 Å². The van der Waals surface area contributed by atoms with Crippen LogP contribution < -0.4 is 0 Å². The molecule has 16 heavy (non-hydrogen) atoms. The third kappa shape index (κ3) is 2.86. The summed E-state index contributed by atoms with van der Waals surface area (Å²) in [5.41, 5.74) is -0.563. The van der Waals surface area contributed by atoms with Gasteiger partial charge in [-0.1, -0.05) is 26.7 Å². The predicted octanol–water partition coefficient (Wildman–Crippen LogP) is 4.09. The fourth-order valence-electron chi connectivity index (χ4n) is 2.60. The molecule has 3 heteroatoms. The van der Waals surface area contributed by atoms with E-state index < -0.39 is 13.9 Å². The average Bonchev–Trinajstić information content (AvgIpc) is 2.25. The van der Waals surface area contributed by atoms with Gasteiger partial charge in [0.15, 0.2) is 8.32 Å². The van der Waals surface area contributed by atoms with Crippen molar-refractivity contribution in [2.45, 2.75) is 71.2 Å². The van der Waals surface area contributed by atoms with Crippen molar-refractivity contribution in [2.24, 2.45) is 5.41 Å². The maximum Gasteiger partial charge on any atom is 0.185 e. The van der Waals surface area contributed by atoms with Gasteiger partial charge in [-0.05, 0) is 38.9 Å². The zero-order valence-corrected chi connectivity index (χ0v) is 12.4. The van der Waals surface area contributed by atoms with E-state index in [0.29, 0.717) is 0 Å². The van der Waals surface area contributed by atoms with Crippen LogP contribution in [0.3, 0.4) is 0 Å². The molecule has 92 valence electrons. The first-order chi connectivity index (χ1) is 7.22. The number of hydrogen-bond acceptors (Lipinski definition) is 2. The Morgan fingerprint density at radius 2 is 1.62 bits per heavy atom. The van der Waals surface area contributed by atoms with E-state index in [1.807, 2.05) is 0 Å². The molecule has 2 nitrogen and oxygen atoms in total. The maximum atomic E-state index is 9.61. The van der Waals surface area contributed by atoms with Crippen molar-refractivity contribution in [3.8, 4) is 6.07 Å². The van der Waals surface area contributed by atoms with E-state index >= 15 is 0 Å². The van der Waals surface area contributed by atoms with Crippen LogP contribution in [0.1, 0.15) is 46.0 Å². The van der Waals surface area contributed by atoms with Gasteiger partial charge in [-0.3, -0.25) is 0 Å². The molecule has 1 saturated carbocycles. The first kappa shape index (κ1) is 13.7. The molecule has 0 aromatic heterocycles. The van der Waals surface area contributed by atoms with Crippen molar-refractivity contribution < 1.29 is 4.43 Å². The van der Waals surface area contributed by atoms with E-state index in [0.717, 1.165) is 19.3 Å². The SMILES string of the molecule is CC1(C)CCCCCC1(C#N)O[Si](C)(C)C. The largest absolute Gasteiger partial charge is 0.399 e. The highest BCUT2D eigenvalue weighted by molar-refractivity contribution is 6.69. The zero-order valence-electron chi connectivity index (χ0n) is 11.4. The molecule has 0 aromatic rings. The second kappa shape index (κ2) is 4.50. The predicted molar refractivity (Wildman–Crippen MR) is 69.6 cm³/mol. The van der Waals surface area contributed by atoms with Gasteiger partial charge in [0, 0.05) is 5.41 Å². The molecular formula is C13H25NOSi. The Kier molecular flexibility index (Phi) is 3.86. The van der Waals surface area contributed by atoms with Crippen LogP contribution in [0, 0.1) is 16.7 Å². The molecule has 0 saturated heterocycles. The van der Waals surface area contributed by atoms with Gasteiger partial charge >= 0.3 is 0 Å². The van der Waals surface area contributed by atoms with Crippen molar-refractivity contribution in [1.29, 1.82) is 5.26 Å². The van der Waals surface area contributed by atoms with Crippen molar-refractivity contribution in [1.82, 2.24) is 0 Å². The Labute approximate surface area is 101 Å². The van der Waals surface area contributed by atoms with Gasteiger partial charge in [0.25, 0.3) is 0 Å². The van der Waals surface area contributed by atoms with E-state index in [9.17, 15) is 5.26 Å². The molecule has 0 radical (unpaired) electrons. The lowest BCUT2D eigenvalue weighted by molar-refractivity contribution is -0.00613. The van der Waals surface area contributed by atoms with Crippen molar-refractivity contribution in [3.63, 3.8) is 0 Å².